The lowest BCUT2D eigenvalue weighted by Crippen LogP contribution is -2.29. The normalized spacial score (nSPS) is 18.9. The summed E-state index contributed by atoms with van der Waals surface area (Å²) in [5, 5.41) is 6.51. The first-order valence-corrected chi connectivity index (χ1v) is 13.6. The third kappa shape index (κ3) is 5.74. The van der Waals surface area contributed by atoms with Gasteiger partial charge in [-0.25, -0.2) is 9.37 Å². The summed E-state index contributed by atoms with van der Waals surface area (Å²) in [4.78, 5) is 18.0. The molecule has 0 spiro atoms. The maximum absolute atomic E-state index is 13.2. The molecule has 1 heterocycles. The zero-order chi connectivity index (χ0) is 26.9. The highest BCUT2D eigenvalue weighted by molar-refractivity contribution is 5.97. The van der Waals surface area contributed by atoms with Gasteiger partial charge >= 0.3 is 0 Å². The summed E-state index contributed by atoms with van der Waals surface area (Å²) in [6.45, 7) is 9.54. The lowest BCUT2D eigenvalue weighted by molar-refractivity contribution is 0.0951. The van der Waals surface area contributed by atoms with Crippen molar-refractivity contribution in [3.8, 4) is 0 Å². The van der Waals surface area contributed by atoms with E-state index in [9.17, 15) is 9.18 Å². The van der Waals surface area contributed by atoms with Crippen LogP contribution in [0.1, 0.15) is 74.5 Å². The second-order valence-electron chi connectivity index (χ2n) is 11.6. The highest BCUT2D eigenvalue weighted by Crippen LogP contribution is 2.46. The quantitative estimate of drug-likeness (QED) is 0.266. The van der Waals surface area contributed by atoms with E-state index in [0.29, 0.717) is 24.1 Å². The Bertz CT molecular complexity index is 1420. The first-order chi connectivity index (χ1) is 18.2. The van der Waals surface area contributed by atoms with Gasteiger partial charge in [-0.05, 0) is 90.6 Å². The molecule has 1 aromatic heterocycles. The predicted molar refractivity (Wildman–Crippen MR) is 152 cm³/mol. The molecule has 2 N–H and O–H groups in total. The Kier molecular flexibility index (Phi) is 7.24. The molecular formula is C32H37FN4O. The fraction of sp³-hybridized carbons (Fsp3) is 0.375. The molecule has 198 valence electrons. The van der Waals surface area contributed by atoms with Crippen molar-refractivity contribution in [2.45, 2.75) is 66.0 Å². The molecule has 1 aliphatic carbocycles. The second kappa shape index (κ2) is 10.6. The van der Waals surface area contributed by atoms with Crippen LogP contribution in [-0.4, -0.2) is 15.5 Å². The summed E-state index contributed by atoms with van der Waals surface area (Å²) in [6.07, 6.45) is 4.39. The van der Waals surface area contributed by atoms with Crippen molar-refractivity contribution < 1.29 is 9.18 Å². The van der Waals surface area contributed by atoms with Crippen molar-refractivity contribution in [1.82, 2.24) is 14.9 Å². The van der Waals surface area contributed by atoms with Gasteiger partial charge in [-0.2, -0.15) is 0 Å². The highest BCUT2D eigenvalue weighted by atomic mass is 19.1. The topological polar surface area (TPSA) is 59.0 Å². The summed E-state index contributed by atoms with van der Waals surface area (Å²) in [5.41, 5.74) is 5.77. The standard InChI is InChI=1S/C32H37FN4O/c1-5-22-8-13-26(14-9-22)35-31-36-28-17-24(30(38)34-20-23-6-11-25(33)12-7-23)10-15-29(28)37(31)27-16-21(2)18-32(3,4)19-27/h6-15,17,21,27H,5,16,18-20H2,1-4H3,(H,34,38)(H,35,36). The van der Waals surface area contributed by atoms with Crippen molar-refractivity contribution >= 4 is 28.6 Å². The molecular weight excluding hydrogens is 475 g/mol. The van der Waals surface area contributed by atoms with Crippen molar-refractivity contribution in [3.63, 3.8) is 0 Å². The van der Waals surface area contributed by atoms with Crippen LogP contribution in [0, 0.1) is 17.2 Å². The number of hydrogen-bond donors (Lipinski definition) is 2. The van der Waals surface area contributed by atoms with Gasteiger partial charge in [0.15, 0.2) is 0 Å². The van der Waals surface area contributed by atoms with Gasteiger partial charge in [0, 0.05) is 23.8 Å². The molecule has 1 saturated carbocycles. The van der Waals surface area contributed by atoms with E-state index in [0.717, 1.165) is 47.5 Å². The minimum atomic E-state index is -0.289. The van der Waals surface area contributed by atoms with E-state index < -0.39 is 0 Å². The van der Waals surface area contributed by atoms with Crippen LogP contribution in [0.25, 0.3) is 11.0 Å². The molecule has 0 aliphatic heterocycles. The Labute approximate surface area is 224 Å². The zero-order valence-electron chi connectivity index (χ0n) is 22.7. The van der Waals surface area contributed by atoms with Gasteiger partial charge < -0.3 is 15.2 Å². The Morgan fingerprint density at radius 3 is 2.42 bits per heavy atom. The highest BCUT2D eigenvalue weighted by Gasteiger charge is 2.34. The van der Waals surface area contributed by atoms with Crippen molar-refractivity contribution in [2.24, 2.45) is 11.3 Å². The van der Waals surface area contributed by atoms with E-state index >= 15 is 0 Å². The van der Waals surface area contributed by atoms with Crippen LogP contribution in [0.3, 0.4) is 0 Å². The fourth-order valence-corrected chi connectivity index (χ4v) is 6.03. The average Bonchev–Trinajstić information content (AvgIpc) is 3.24. The smallest absolute Gasteiger partial charge is 0.251 e. The molecule has 2 atom stereocenters. The summed E-state index contributed by atoms with van der Waals surface area (Å²) in [6, 6.07) is 20.7. The molecule has 38 heavy (non-hydrogen) atoms. The minimum Gasteiger partial charge on any atom is -0.348 e. The Balaban J connectivity index is 1.47. The summed E-state index contributed by atoms with van der Waals surface area (Å²) < 4.78 is 15.5. The molecule has 4 aromatic rings. The maximum Gasteiger partial charge on any atom is 0.251 e. The molecule has 6 heteroatoms. The van der Waals surface area contributed by atoms with Crippen molar-refractivity contribution in [1.29, 1.82) is 0 Å². The molecule has 5 nitrogen and oxygen atoms in total. The van der Waals surface area contributed by atoms with E-state index in [4.69, 9.17) is 4.98 Å². The monoisotopic (exact) mass is 512 g/mol. The van der Waals surface area contributed by atoms with Crippen LogP contribution in [-0.2, 0) is 13.0 Å². The number of amides is 1. The number of hydrogen-bond acceptors (Lipinski definition) is 3. The van der Waals surface area contributed by atoms with Gasteiger partial charge in [-0.15, -0.1) is 0 Å². The molecule has 2 unspecified atom stereocenters. The van der Waals surface area contributed by atoms with Gasteiger partial charge in [0.1, 0.15) is 5.82 Å². The van der Waals surface area contributed by atoms with Gasteiger partial charge in [0.25, 0.3) is 5.91 Å². The zero-order valence-corrected chi connectivity index (χ0v) is 22.7. The molecule has 0 bridgehead atoms. The van der Waals surface area contributed by atoms with Crippen molar-refractivity contribution in [2.75, 3.05) is 5.32 Å². The predicted octanol–water partition coefficient (Wildman–Crippen LogP) is 7.80. The molecule has 0 saturated heterocycles. The third-order valence-electron chi connectivity index (χ3n) is 7.67. The van der Waals surface area contributed by atoms with Crippen LogP contribution < -0.4 is 10.6 Å². The molecule has 1 amide bonds. The Morgan fingerprint density at radius 2 is 1.74 bits per heavy atom. The number of benzene rings is 3. The number of aryl methyl sites for hydroxylation is 1. The largest absolute Gasteiger partial charge is 0.348 e. The van der Waals surface area contributed by atoms with E-state index in [-0.39, 0.29) is 17.1 Å². The van der Waals surface area contributed by atoms with Gasteiger partial charge in [0.05, 0.1) is 11.0 Å². The van der Waals surface area contributed by atoms with Gasteiger partial charge in [-0.3, -0.25) is 4.79 Å². The van der Waals surface area contributed by atoms with Crippen LogP contribution in [0.2, 0.25) is 0 Å². The maximum atomic E-state index is 13.2. The summed E-state index contributed by atoms with van der Waals surface area (Å²) >= 11 is 0. The van der Waals surface area contributed by atoms with E-state index in [2.05, 4.69) is 67.2 Å². The number of aromatic nitrogens is 2. The number of fused-ring (bicyclic) bond motifs is 1. The van der Waals surface area contributed by atoms with E-state index in [1.165, 1.54) is 24.1 Å². The summed E-state index contributed by atoms with van der Waals surface area (Å²) in [5.74, 6) is 0.961. The number of carbonyl (C=O) groups excluding carboxylic acids is 1. The molecule has 0 radical (unpaired) electrons. The molecule has 1 fully saturated rings. The van der Waals surface area contributed by atoms with Crippen LogP contribution in [0.15, 0.2) is 66.7 Å². The van der Waals surface area contributed by atoms with Crippen LogP contribution >= 0.6 is 0 Å². The lowest BCUT2D eigenvalue weighted by atomic mass is 9.70. The second-order valence-corrected chi connectivity index (χ2v) is 11.6. The van der Waals surface area contributed by atoms with Crippen LogP contribution in [0.5, 0.6) is 0 Å². The van der Waals surface area contributed by atoms with Gasteiger partial charge in [-0.1, -0.05) is 52.0 Å². The lowest BCUT2D eigenvalue weighted by Gasteiger charge is -2.40. The molecule has 5 rings (SSSR count). The average molecular weight is 513 g/mol. The number of nitrogens with zero attached hydrogens (tertiary/aromatic N) is 2. The minimum absolute atomic E-state index is 0.178. The van der Waals surface area contributed by atoms with E-state index in [1.54, 1.807) is 12.1 Å². The number of carbonyl (C=O) groups is 1. The van der Waals surface area contributed by atoms with Crippen LogP contribution in [0.4, 0.5) is 16.0 Å². The van der Waals surface area contributed by atoms with E-state index in [1.807, 2.05) is 18.2 Å². The number of halogens is 1. The number of anilines is 2. The van der Waals surface area contributed by atoms with Crippen molar-refractivity contribution in [3.05, 3.63) is 89.2 Å². The number of imidazole rings is 1. The Hall–Kier alpha value is -3.67. The SMILES string of the molecule is CCc1ccc(Nc2nc3cc(C(=O)NCc4ccc(F)cc4)ccc3n2C2CC(C)CC(C)(C)C2)cc1. The first-order valence-electron chi connectivity index (χ1n) is 13.6. The number of rotatable bonds is 7. The summed E-state index contributed by atoms with van der Waals surface area (Å²) in [7, 11) is 0. The van der Waals surface area contributed by atoms with Gasteiger partial charge in [0.2, 0.25) is 5.95 Å². The third-order valence-corrected chi connectivity index (χ3v) is 7.67. The fourth-order valence-electron chi connectivity index (χ4n) is 6.03. The molecule has 1 aliphatic rings. The Morgan fingerprint density at radius 1 is 1.03 bits per heavy atom. The molecule has 3 aromatic carbocycles. The first kappa shape index (κ1) is 26.0. The number of nitrogens with one attached hydrogen (secondary N) is 2.